The Hall–Kier alpha value is -2.91. The van der Waals surface area contributed by atoms with Crippen LogP contribution in [0.5, 0.6) is 0 Å². The zero-order valence-electron chi connectivity index (χ0n) is 32.0. The molecule has 40 heavy (non-hydrogen) atoms. The Labute approximate surface area is 271 Å². The van der Waals surface area contributed by atoms with Crippen molar-refractivity contribution in [1.82, 2.24) is 4.98 Å². The molecular formula is C36H36IrN2S-2. The molecule has 0 spiro atoms. The molecule has 1 aliphatic carbocycles. The number of fused-ring (bicyclic) bond motifs is 1. The fraction of sp³-hybridized carbons (Fsp3) is 0.278. The van der Waals surface area contributed by atoms with Crippen molar-refractivity contribution < 1.29 is 33.8 Å². The van der Waals surface area contributed by atoms with E-state index in [1.807, 2.05) is 35.7 Å². The van der Waals surface area contributed by atoms with Crippen molar-refractivity contribution >= 4 is 27.1 Å². The molecule has 4 aromatic rings. The average Bonchev–Trinajstić information content (AvgIpc) is 3.16. The first-order chi connectivity index (χ1) is 23.2. The Bertz CT molecular complexity index is 1910. The SMILES string of the molecule is [2H]C1CC(c2[c-]cc(C([2H])([2H])[2H])cc2)=NC=C1C([2H])([2H])[2H].[2H]c1c(C2([2H])CCCCC2)cnc(-c2[c-]cccc3ccccc3sc2)c1[2H].[Ir]. The Morgan fingerprint density at radius 1 is 1.00 bits per heavy atom. The van der Waals surface area contributed by atoms with Crippen LogP contribution < -0.4 is 0 Å². The van der Waals surface area contributed by atoms with Crippen molar-refractivity contribution in [3.8, 4) is 11.3 Å². The number of rotatable bonds is 3. The van der Waals surface area contributed by atoms with Crippen LogP contribution in [0.4, 0.5) is 0 Å². The van der Waals surface area contributed by atoms with Gasteiger partial charge in [-0.25, -0.2) is 0 Å². The van der Waals surface area contributed by atoms with Crippen molar-refractivity contribution in [2.45, 2.75) is 64.5 Å². The van der Waals surface area contributed by atoms with Crippen molar-refractivity contribution in [3.63, 3.8) is 0 Å². The van der Waals surface area contributed by atoms with Gasteiger partial charge in [-0.15, -0.1) is 59.2 Å². The summed E-state index contributed by atoms with van der Waals surface area (Å²) in [5, 5.41) is 3.07. The minimum Gasteiger partial charge on any atom is -0.309 e. The van der Waals surface area contributed by atoms with Crippen molar-refractivity contribution in [2.24, 2.45) is 4.99 Å². The van der Waals surface area contributed by atoms with Gasteiger partial charge in [0, 0.05) is 48.2 Å². The van der Waals surface area contributed by atoms with Crippen molar-refractivity contribution in [2.75, 3.05) is 0 Å². The van der Waals surface area contributed by atoms with E-state index in [2.05, 4.69) is 34.2 Å². The summed E-state index contributed by atoms with van der Waals surface area (Å²) in [5.74, 6) is -0.778. The van der Waals surface area contributed by atoms with Gasteiger partial charge >= 0.3 is 0 Å². The van der Waals surface area contributed by atoms with Gasteiger partial charge in [0.1, 0.15) is 0 Å². The predicted octanol–water partition coefficient (Wildman–Crippen LogP) is 10.2. The Morgan fingerprint density at radius 2 is 1.88 bits per heavy atom. The molecule has 1 aliphatic heterocycles. The third kappa shape index (κ3) is 8.30. The first kappa shape index (κ1) is 19.3. The van der Waals surface area contributed by atoms with Gasteiger partial charge in [-0.1, -0.05) is 73.4 Å². The monoisotopic (exact) mass is 731 g/mol. The zero-order valence-corrected chi connectivity index (χ0v) is 25.2. The summed E-state index contributed by atoms with van der Waals surface area (Å²) in [4.78, 5) is 8.62. The number of hydrogen-bond donors (Lipinski definition) is 0. The predicted molar refractivity (Wildman–Crippen MR) is 167 cm³/mol. The Balaban J connectivity index is 0.000000230. The second-order valence-electron chi connectivity index (χ2n) is 9.35. The van der Waals surface area contributed by atoms with Crippen molar-refractivity contribution in [1.29, 1.82) is 0 Å². The smallest absolute Gasteiger partial charge is 0.0619 e. The molecule has 2 aromatic heterocycles. The number of pyridine rings is 1. The number of aliphatic imine (C=N–C) groups is 1. The molecule has 1 atom stereocenters. The summed E-state index contributed by atoms with van der Waals surface area (Å²) in [6, 6.07) is 24.6. The van der Waals surface area contributed by atoms with Gasteiger partial charge in [0.2, 0.25) is 0 Å². The van der Waals surface area contributed by atoms with Crippen LogP contribution in [0.2, 0.25) is 0 Å². The van der Waals surface area contributed by atoms with Crippen LogP contribution in [-0.4, -0.2) is 10.7 Å². The maximum Gasteiger partial charge on any atom is 0.0619 e. The standard InChI is InChI=1S/C23H22NS.C13H14N.Ir/c1-2-8-18(9-3-1)20-14-15-22(24-16-20)21-12-5-4-10-19-11-6-7-13-23(19)25-17-21;1-10-3-6-12(7-4-10)13-8-5-11(2)9-14-13;/h4-7,10-11,13-18H,1-3,8-9H2;3-4,6,9H,5,8H2,1-2H3;/q2*-1;/i14D,15D,18D;1D3,2D3,5D;. The molecule has 2 aliphatic rings. The number of hydrogen-bond acceptors (Lipinski definition) is 3. The summed E-state index contributed by atoms with van der Waals surface area (Å²) in [5.41, 5.74) is 3.06. The number of allylic oxidation sites excluding steroid dienone is 1. The molecule has 1 radical (unpaired) electrons. The molecule has 4 heteroatoms. The molecule has 2 aromatic carbocycles. The Morgan fingerprint density at radius 3 is 2.67 bits per heavy atom. The van der Waals surface area contributed by atoms with Crippen molar-refractivity contribution in [3.05, 3.63) is 125 Å². The minimum atomic E-state index is -2.31. The number of benzene rings is 2. The molecule has 1 saturated carbocycles. The molecular weight excluding hydrogens is 685 g/mol. The van der Waals surface area contributed by atoms with Gasteiger partial charge < -0.3 is 9.98 Å². The summed E-state index contributed by atoms with van der Waals surface area (Å²) >= 11 is 1.57. The molecule has 1 unspecified atom stereocenters. The van der Waals surface area contributed by atoms with Gasteiger partial charge in [0.25, 0.3) is 0 Å². The average molecular weight is 731 g/mol. The normalized spacial score (nSPS) is 21.9. The van der Waals surface area contributed by atoms with E-state index in [0.29, 0.717) is 28.1 Å². The van der Waals surface area contributed by atoms with Crippen LogP contribution >= 0.6 is 11.3 Å². The third-order valence-corrected chi connectivity index (χ3v) is 7.54. The van der Waals surface area contributed by atoms with Crippen LogP contribution in [0.3, 0.4) is 0 Å². The Kier molecular flexibility index (Phi) is 7.31. The van der Waals surface area contributed by atoms with Crippen LogP contribution in [0.25, 0.3) is 21.3 Å². The van der Waals surface area contributed by atoms with Gasteiger partial charge in [-0.2, -0.15) is 11.3 Å². The second kappa shape index (κ2) is 15.2. The van der Waals surface area contributed by atoms with Gasteiger partial charge in [0.05, 0.1) is 2.74 Å². The molecule has 0 saturated heterocycles. The molecule has 3 heterocycles. The zero-order chi connectivity index (χ0) is 35.4. The van der Waals surface area contributed by atoms with Crippen LogP contribution in [-0.2, 0) is 20.1 Å². The van der Waals surface area contributed by atoms with Gasteiger partial charge in [-0.05, 0) is 66.8 Å². The van der Waals surface area contributed by atoms with Crippen LogP contribution in [0, 0.1) is 19.0 Å². The number of nitrogens with zero attached hydrogens (tertiary/aromatic N) is 2. The van der Waals surface area contributed by atoms with E-state index < -0.39 is 26.0 Å². The first-order valence-electron chi connectivity index (χ1n) is 18.2. The summed E-state index contributed by atoms with van der Waals surface area (Å²) in [6.45, 7) is -4.49. The second-order valence-corrected chi connectivity index (χ2v) is 10.3. The molecule has 2 nitrogen and oxygen atoms in total. The third-order valence-electron chi connectivity index (χ3n) is 6.56. The summed E-state index contributed by atoms with van der Waals surface area (Å²) in [7, 11) is 0. The molecule has 0 bridgehead atoms. The van der Waals surface area contributed by atoms with E-state index in [9.17, 15) is 0 Å². The maximum atomic E-state index is 8.79. The largest absolute Gasteiger partial charge is 0.309 e. The molecule has 0 N–H and O–H groups in total. The van der Waals surface area contributed by atoms with E-state index >= 15 is 0 Å². The van der Waals surface area contributed by atoms with E-state index in [-0.39, 0.29) is 49.7 Å². The van der Waals surface area contributed by atoms with E-state index in [0.717, 1.165) is 42.2 Å². The fourth-order valence-electron chi connectivity index (χ4n) is 4.42. The molecule has 207 valence electrons. The number of aryl methyl sites for hydroxylation is 1. The minimum absolute atomic E-state index is 0. The van der Waals surface area contributed by atoms with Gasteiger partial charge in [0.15, 0.2) is 0 Å². The van der Waals surface area contributed by atoms with E-state index in [1.54, 1.807) is 23.6 Å². The quantitative estimate of drug-likeness (QED) is 0.193. The van der Waals surface area contributed by atoms with Gasteiger partial charge in [-0.3, -0.25) is 0 Å². The molecule has 1 fully saturated rings. The maximum absolute atomic E-state index is 8.79. The number of aromatic nitrogens is 1. The molecule has 0 amide bonds. The summed E-state index contributed by atoms with van der Waals surface area (Å²) in [6.07, 6.45) is 6.80. The fourth-order valence-corrected chi connectivity index (χ4v) is 5.28. The van der Waals surface area contributed by atoms with Crippen LogP contribution in [0.15, 0.2) is 101 Å². The van der Waals surface area contributed by atoms with Crippen LogP contribution in [0.1, 0.15) is 88.1 Å². The molecule has 6 rings (SSSR count). The summed E-state index contributed by atoms with van der Waals surface area (Å²) < 4.78 is 78.8. The first-order valence-corrected chi connectivity index (χ1v) is 14.0. The van der Waals surface area contributed by atoms with E-state index in [4.69, 9.17) is 13.7 Å². The topological polar surface area (TPSA) is 25.2 Å². The van der Waals surface area contributed by atoms with E-state index in [1.165, 1.54) is 18.3 Å².